The van der Waals surface area contributed by atoms with Gasteiger partial charge < -0.3 is 19.1 Å². The van der Waals surface area contributed by atoms with Gasteiger partial charge in [0.25, 0.3) is 0 Å². The number of thioether (sulfide) groups is 1. The second-order valence-corrected chi connectivity index (χ2v) is 10.1. The van der Waals surface area contributed by atoms with Gasteiger partial charge in [-0.2, -0.15) is 0 Å². The normalized spacial score (nSPS) is 15.1. The summed E-state index contributed by atoms with van der Waals surface area (Å²) in [7, 11) is 1.63. The Hall–Kier alpha value is -2.67. The quantitative estimate of drug-likeness (QED) is 0.359. The van der Waals surface area contributed by atoms with Gasteiger partial charge in [0.1, 0.15) is 18.1 Å². The molecule has 1 aliphatic rings. The van der Waals surface area contributed by atoms with Gasteiger partial charge >= 0.3 is 0 Å². The first-order valence-electron chi connectivity index (χ1n) is 10.9. The maximum atomic E-state index is 10.3. The Bertz CT molecular complexity index is 1290. The molecule has 0 saturated carbocycles. The summed E-state index contributed by atoms with van der Waals surface area (Å²) in [5, 5.41) is 12.6. The van der Waals surface area contributed by atoms with Crippen LogP contribution < -0.4 is 9.47 Å². The van der Waals surface area contributed by atoms with Crippen molar-refractivity contribution in [3.05, 3.63) is 82.3 Å². The number of aliphatic hydroxyl groups is 1. The van der Waals surface area contributed by atoms with E-state index in [4.69, 9.17) is 21.1 Å². The van der Waals surface area contributed by atoms with Crippen LogP contribution in [0.1, 0.15) is 29.4 Å². The maximum absolute atomic E-state index is 10.3. The fraction of sp³-hybridized carbons (Fsp3) is 0.269. The summed E-state index contributed by atoms with van der Waals surface area (Å²) in [6, 6.07) is 15.8. The van der Waals surface area contributed by atoms with Crippen molar-refractivity contribution < 1.29 is 14.6 Å². The Morgan fingerprint density at radius 3 is 2.67 bits per heavy atom. The van der Waals surface area contributed by atoms with Crippen molar-refractivity contribution in [2.75, 3.05) is 7.11 Å². The van der Waals surface area contributed by atoms with E-state index in [1.165, 1.54) is 10.9 Å². The van der Waals surface area contributed by atoms with Gasteiger partial charge in [0.15, 0.2) is 0 Å². The minimum Gasteiger partial charge on any atom is -0.495 e. The van der Waals surface area contributed by atoms with Crippen LogP contribution in [0.15, 0.2) is 59.6 Å². The number of aliphatic hydroxyl groups excluding tert-OH is 1. The minimum atomic E-state index is -0.0112. The molecule has 0 saturated heterocycles. The highest BCUT2D eigenvalue weighted by Crippen LogP contribution is 2.47. The molecule has 4 aromatic rings. The third kappa shape index (κ3) is 4.31. The van der Waals surface area contributed by atoms with Gasteiger partial charge in [-0.1, -0.05) is 30.7 Å². The number of halogens is 1. The predicted octanol–water partition coefficient (Wildman–Crippen LogP) is 5.85. The first-order valence-corrected chi connectivity index (χ1v) is 12.1. The molecule has 1 unspecified atom stereocenters. The van der Waals surface area contributed by atoms with Crippen LogP contribution in [-0.2, 0) is 26.2 Å². The molecule has 170 valence electrons. The molecule has 33 heavy (non-hydrogen) atoms. The molecular formula is C26H25ClN2O3S. The molecule has 2 aromatic heterocycles. The van der Waals surface area contributed by atoms with E-state index in [0.29, 0.717) is 18.4 Å². The van der Waals surface area contributed by atoms with Gasteiger partial charge in [0.2, 0.25) is 0 Å². The average Bonchev–Trinajstić information content (AvgIpc) is 3.13. The van der Waals surface area contributed by atoms with E-state index < -0.39 is 0 Å². The number of hydrogen-bond donors (Lipinski definition) is 1. The van der Waals surface area contributed by atoms with Crippen molar-refractivity contribution >= 4 is 34.3 Å². The highest BCUT2D eigenvalue weighted by Gasteiger charge is 2.28. The van der Waals surface area contributed by atoms with Crippen molar-refractivity contribution in [3.8, 4) is 11.5 Å². The van der Waals surface area contributed by atoms with E-state index in [9.17, 15) is 5.11 Å². The Balaban J connectivity index is 1.53. The van der Waals surface area contributed by atoms with E-state index in [1.54, 1.807) is 13.3 Å². The van der Waals surface area contributed by atoms with Crippen molar-refractivity contribution in [3.63, 3.8) is 0 Å². The van der Waals surface area contributed by atoms with E-state index in [-0.39, 0.29) is 6.61 Å². The molecule has 1 aliphatic heterocycles. The van der Waals surface area contributed by atoms with Gasteiger partial charge in [-0.25, -0.2) is 0 Å². The zero-order valence-electron chi connectivity index (χ0n) is 18.5. The third-order valence-corrected chi connectivity index (χ3v) is 7.47. The summed E-state index contributed by atoms with van der Waals surface area (Å²) < 4.78 is 13.7. The van der Waals surface area contributed by atoms with E-state index in [2.05, 4.69) is 22.5 Å². The summed E-state index contributed by atoms with van der Waals surface area (Å²) in [5.41, 5.74) is 5.26. The molecule has 0 amide bonds. The summed E-state index contributed by atoms with van der Waals surface area (Å²) >= 11 is 7.90. The summed E-state index contributed by atoms with van der Waals surface area (Å²) in [6.45, 7) is 3.27. The first kappa shape index (κ1) is 22.1. The Morgan fingerprint density at radius 2 is 1.97 bits per heavy atom. The summed E-state index contributed by atoms with van der Waals surface area (Å²) in [6.07, 6.45) is 2.61. The fourth-order valence-electron chi connectivity index (χ4n) is 4.38. The third-order valence-electron chi connectivity index (χ3n) is 5.98. The van der Waals surface area contributed by atoms with Crippen LogP contribution in [0.2, 0.25) is 5.02 Å². The average molecular weight is 481 g/mol. The molecule has 7 heteroatoms. The van der Waals surface area contributed by atoms with Crippen molar-refractivity contribution in [1.82, 2.24) is 9.55 Å². The van der Waals surface area contributed by atoms with Gasteiger partial charge in [0.05, 0.1) is 36.8 Å². The smallest absolute Gasteiger partial charge is 0.137 e. The number of rotatable bonds is 7. The monoisotopic (exact) mass is 480 g/mol. The first-order chi connectivity index (χ1) is 16.1. The number of hydrogen-bond acceptors (Lipinski definition) is 5. The molecule has 2 aromatic carbocycles. The van der Waals surface area contributed by atoms with Gasteiger partial charge in [0, 0.05) is 32.7 Å². The molecule has 0 bridgehead atoms. The predicted molar refractivity (Wildman–Crippen MR) is 133 cm³/mol. The van der Waals surface area contributed by atoms with Gasteiger partial charge in [-0.3, -0.25) is 4.98 Å². The second kappa shape index (κ2) is 9.29. The van der Waals surface area contributed by atoms with E-state index in [1.807, 2.05) is 54.2 Å². The van der Waals surface area contributed by atoms with Crippen molar-refractivity contribution in [1.29, 1.82) is 0 Å². The topological polar surface area (TPSA) is 56.5 Å². The summed E-state index contributed by atoms with van der Waals surface area (Å²) in [5.74, 6) is 1.60. The van der Waals surface area contributed by atoms with Crippen LogP contribution in [0.5, 0.6) is 11.5 Å². The Morgan fingerprint density at radius 1 is 1.15 bits per heavy atom. The lowest BCUT2D eigenvalue weighted by Crippen LogP contribution is -2.10. The maximum Gasteiger partial charge on any atom is 0.137 e. The summed E-state index contributed by atoms with van der Waals surface area (Å²) in [4.78, 5) is 5.57. The zero-order chi connectivity index (χ0) is 22.9. The lowest BCUT2D eigenvalue weighted by molar-refractivity contribution is 0.269. The lowest BCUT2D eigenvalue weighted by Gasteiger charge is -2.22. The van der Waals surface area contributed by atoms with Crippen LogP contribution in [0, 0.1) is 0 Å². The lowest BCUT2D eigenvalue weighted by atomic mass is 10.0. The Kier molecular flexibility index (Phi) is 6.23. The number of pyridine rings is 1. The highest BCUT2D eigenvalue weighted by atomic mass is 35.5. The van der Waals surface area contributed by atoms with Gasteiger partial charge in [-0.05, 0) is 48.4 Å². The SMILES string of the molecule is COc1ccc(COc2ccc3c4c2CC(C)Sc4c(CO)n3Cc2ccc(Cl)cc2)nc1. The largest absolute Gasteiger partial charge is 0.495 e. The van der Waals surface area contributed by atoms with E-state index in [0.717, 1.165) is 50.3 Å². The number of aromatic nitrogens is 2. The van der Waals surface area contributed by atoms with Gasteiger partial charge in [-0.15, -0.1) is 11.8 Å². The molecule has 0 spiro atoms. The van der Waals surface area contributed by atoms with E-state index >= 15 is 0 Å². The molecular weight excluding hydrogens is 456 g/mol. The van der Waals surface area contributed by atoms with Crippen LogP contribution in [-0.4, -0.2) is 27.0 Å². The molecule has 1 atom stereocenters. The highest BCUT2D eigenvalue weighted by molar-refractivity contribution is 8.00. The molecule has 5 nitrogen and oxygen atoms in total. The van der Waals surface area contributed by atoms with Crippen LogP contribution >= 0.6 is 23.4 Å². The molecule has 0 radical (unpaired) electrons. The fourth-order valence-corrected chi connectivity index (χ4v) is 5.82. The zero-order valence-corrected chi connectivity index (χ0v) is 20.1. The molecule has 1 N–H and O–H groups in total. The number of ether oxygens (including phenoxy) is 2. The van der Waals surface area contributed by atoms with Crippen molar-refractivity contribution in [2.45, 2.75) is 43.2 Å². The van der Waals surface area contributed by atoms with Crippen LogP contribution in [0.3, 0.4) is 0 Å². The molecule has 0 aliphatic carbocycles. The Labute approximate surface area is 202 Å². The van der Waals surface area contributed by atoms with Crippen molar-refractivity contribution in [2.24, 2.45) is 0 Å². The molecule has 5 rings (SSSR count). The van der Waals surface area contributed by atoms with Crippen LogP contribution in [0.25, 0.3) is 10.9 Å². The number of benzene rings is 2. The van der Waals surface area contributed by atoms with Crippen LogP contribution in [0.4, 0.5) is 0 Å². The number of nitrogens with zero attached hydrogens (tertiary/aromatic N) is 2. The number of methoxy groups -OCH3 is 1. The molecule has 3 heterocycles. The molecule has 0 fully saturated rings. The minimum absolute atomic E-state index is 0.0112. The second-order valence-electron chi connectivity index (χ2n) is 8.19. The standard InChI is InChI=1S/C26H25ClN2O3S/c1-16-11-21-24(32-15-19-7-8-20(31-2)12-28-19)10-9-22-25(21)26(33-16)23(14-30)29(22)13-17-3-5-18(27)6-4-17/h3-10,12,16,30H,11,13-15H2,1-2H3.